The summed E-state index contributed by atoms with van der Waals surface area (Å²) in [5.74, 6) is 2.25. The molecule has 0 saturated heterocycles. The fourth-order valence-corrected chi connectivity index (χ4v) is 1.29. The Labute approximate surface area is 77.8 Å². The van der Waals surface area contributed by atoms with Gasteiger partial charge in [0.25, 0.3) is 0 Å². The predicted molar refractivity (Wildman–Crippen MR) is 51.5 cm³/mol. The van der Waals surface area contributed by atoms with Crippen LogP contribution in [0.4, 0.5) is 4.39 Å². The van der Waals surface area contributed by atoms with Crippen molar-refractivity contribution in [1.82, 2.24) is 0 Å². The van der Waals surface area contributed by atoms with Crippen molar-refractivity contribution in [1.29, 1.82) is 0 Å². The average Bonchev–Trinajstić information content (AvgIpc) is 2.04. The molecule has 0 aliphatic rings. The third-order valence-electron chi connectivity index (χ3n) is 1.97. The normalized spacial score (nSPS) is 12.2. The summed E-state index contributed by atoms with van der Waals surface area (Å²) in [6.45, 7) is 1.83. The fourth-order valence-electron chi connectivity index (χ4n) is 1.29. The van der Waals surface area contributed by atoms with Crippen molar-refractivity contribution in [3.63, 3.8) is 0 Å². The van der Waals surface area contributed by atoms with Crippen LogP contribution < -0.4 is 5.73 Å². The van der Waals surface area contributed by atoms with Crippen molar-refractivity contribution in [3.8, 4) is 12.3 Å². The summed E-state index contributed by atoms with van der Waals surface area (Å²) in [6.07, 6.45) is 5.62. The van der Waals surface area contributed by atoms with Gasteiger partial charge in [0.05, 0.1) is 0 Å². The lowest BCUT2D eigenvalue weighted by Crippen LogP contribution is -2.10. The Morgan fingerprint density at radius 2 is 2.31 bits per heavy atom. The van der Waals surface area contributed by atoms with Crippen LogP contribution in [-0.2, 0) is 0 Å². The molecule has 2 N–H and O–H groups in total. The summed E-state index contributed by atoms with van der Waals surface area (Å²) >= 11 is 0. The Kier molecular flexibility index (Phi) is 3.05. The maximum Gasteiger partial charge on any atom is 0.123 e. The lowest BCUT2D eigenvalue weighted by molar-refractivity contribution is 0.623. The highest BCUT2D eigenvalue weighted by Gasteiger charge is 2.07. The Balaban J connectivity index is 2.96. The lowest BCUT2D eigenvalue weighted by atomic mass is 10.00. The molecule has 1 atom stereocenters. The molecule has 0 fully saturated rings. The van der Waals surface area contributed by atoms with E-state index in [1.165, 1.54) is 12.1 Å². The zero-order valence-corrected chi connectivity index (χ0v) is 7.55. The Morgan fingerprint density at radius 3 is 2.85 bits per heavy atom. The largest absolute Gasteiger partial charge is 0.323 e. The van der Waals surface area contributed by atoms with E-state index in [1.54, 1.807) is 6.07 Å². The molecule has 1 unspecified atom stereocenters. The zero-order valence-electron chi connectivity index (χ0n) is 7.55. The van der Waals surface area contributed by atoms with E-state index >= 15 is 0 Å². The molecule has 0 aliphatic heterocycles. The van der Waals surface area contributed by atoms with E-state index in [-0.39, 0.29) is 11.9 Å². The van der Waals surface area contributed by atoms with Crippen LogP contribution in [-0.4, -0.2) is 0 Å². The van der Waals surface area contributed by atoms with E-state index in [0.29, 0.717) is 6.42 Å². The number of aryl methyl sites for hydroxylation is 1. The molecular weight excluding hydrogens is 165 g/mol. The highest BCUT2D eigenvalue weighted by Crippen LogP contribution is 2.18. The minimum absolute atomic E-state index is 0.189. The molecule has 68 valence electrons. The maximum absolute atomic E-state index is 12.7. The molecule has 0 heterocycles. The molecule has 0 amide bonds. The van der Waals surface area contributed by atoms with Crippen molar-refractivity contribution < 1.29 is 4.39 Å². The number of benzene rings is 1. The van der Waals surface area contributed by atoms with Crippen molar-refractivity contribution in [3.05, 3.63) is 35.1 Å². The molecule has 1 aromatic rings. The van der Waals surface area contributed by atoms with E-state index in [9.17, 15) is 4.39 Å². The van der Waals surface area contributed by atoms with Gasteiger partial charge in [-0.25, -0.2) is 4.39 Å². The molecule has 0 saturated carbocycles. The van der Waals surface area contributed by atoms with Gasteiger partial charge < -0.3 is 5.73 Å². The molecule has 1 rings (SSSR count). The highest BCUT2D eigenvalue weighted by molar-refractivity contribution is 5.29. The smallest absolute Gasteiger partial charge is 0.123 e. The van der Waals surface area contributed by atoms with Gasteiger partial charge in [-0.05, 0) is 30.2 Å². The van der Waals surface area contributed by atoms with Gasteiger partial charge in [-0.3, -0.25) is 0 Å². The summed E-state index contributed by atoms with van der Waals surface area (Å²) in [4.78, 5) is 0. The minimum Gasteiger partial charge on any atom is -0.323 e. The minimum atomic E-state index is -0.242. The van der Waals surface area contributed by atoms with E-state index < -0.39 is 0 Å². The van der Waals surface area contributed by atoms with Gasteiger partial charge in [0.15, 0.2) is 0 Å². The van der Waals surface area contributed by atoms with Gasteiger partial charge in [-0.2, -0.15) is 0 Å². The lowest BCUT2D eigenvalue weighted by Gasteiger charge is -2.11. The van der Waals surface area contributed by atoms with Crippen LogP contribution in [0.2, 0.25) is 0 Å². The molecule has 0 aromatic heterocycles. The van der Waals surface area contributed by atoms with Crippen LogP contribution >= 0.6 is 0 Å². The van der Waals surface area contributed by atoms with E-state index in [0.717, 1.165) is 11.1 Å². The topological polar surface area (TPSA) is 26.0 Å². The molecule has 0 spiro atoms. The Bertz CT molecular complexity index is 338. The second-order valence-corrected chi connectivity index (χ2v) is 3.02. The van der Waals surface area contributed by atoms with Crippen molar-refractivity contribution in [2.24, 2.45) is 5.73 Å². The maximum atomic E-state index is 12.7. The van der Waals surface area contributed by atoms with Gasteiger partial charge in [-0.1, -0.05) is 6.07 Å². The number of terminal acetylenes is 1. The van der Waals surface area contributed by atoms with E-state index in [1.807, 2.05) is 6.92 Å². The van der Waals surface area contributed by atoms with E-state index in [4.69, 9.17) is 12.2 Å². The first-order chi connectivity index (χ1) is 6.15. The summed E-state index contributed by atoms with van der Waals surface area (Å²) in [7, 11) is 0. The number of nitrogens with two attached hydrogens (primary N) is 1. The third kappa shape index (κ3) is 2.30. The monoisotopic (exact) mass is 177 g/mol. The molecular formula is C11H12FN. The summed E-state index contributed by atoms with van der Waals surface area (Å²) < 4.78 is 12.7. The quantitative estimate of drug-likeness (QED) is 0.688. The molecule has 0 radical (unpaired) electrons. The van der Waals surface area contributed by atoms with E-state index in [2.05, 4.69) is 5.92 Å². The molecule has 2 heteroatoms. The van der Waals surface area contributed by atoms with Crippen molar-refractivity contribution in [2.75, 3.05) is 0 Å². The Hall–Kier alpha value is -1.33. The van der Waals surface area contributed by atoms with Gasteiger partial charge in [0, 0.05) is 12.5 Å². The second kappa shape index (κ2) is 4.06. The van der Waals surface area contributed by atoms with Crippen molar-refractivity contribution >= 4 is 0 Å². The second-order valence-electron chi connectivity index (χ2n) is 3.02. The molecule has 13 heavy (non-hydrogen) atoms. The number of halogens is 1. The number of rotatable bonds is 2. The van der Waals surface area contributed by atoms with Crippen LogP contribution in [0.5, 0.6) is 0 Å². The highest BCUT2D eigenvalue weighted by atomic mass is 19.1. The van der Waals surface area contributed by atoms with Gasteiger partial charge in [-0.15, -0.1) is 12.3 Å². The van der Waals surface area contributed by atoms with Crippen molar-refractivity contribution in [2.45, 2.75) is 19.4 Å². The van der Waals surface area contributed by atoms with Crippen LogP contribution in [0.3, 0.4) is 0 Å². The summed E-state index contributed by atoms with van der Waals surface area (Å²) in [6, 6.07) is 4.36. The Morgan fingerprint density at radius 1 is 1.62 bits per heavy atom. The van der Waals surface area contributed by atoms with Crippen LogP contribution in [0, 0.1) is 25.1 Å². The molecule has 0 aliphatic carbocycles. The average molecular weight is 177 g/mol. The number of hydrogen-bond acceptors (Lipinski definition) is 1. The van der Waals surface area contributed by atoms with Crippen LogP contribution in [0.1, 0.15) is 23.6 Å². The SMILES string of the molecule is C#CCC(N)c1ccc(F)cc1C. The summed E-state index contributed by atoms with van der Waals surface area (Å²) in [5, 5.41) is 0. The third-order valence-corrected chi connectivity index (χ3v) is 1.97. The first kappa shape index (κ1) is 9.76. The van der Waals surface area contributed by atoms with Crippen LogP contribution in [0.25, 0.3) is 0 Å². The summed E-state index contributed by atoms with van der Waals surface area (Å²) in [5.41, 5.74) is 7.56. The molecule has 0 bridgehead atoms. The first-order valence-electron chi connectivity index (χ1n) is 4.10. The molecule has 1 nitrogen and oxygen atoms in total. The van der Waals surface area contributed by atoms with Gasteiger partial charge in [0.2, 0.25) is 0 Å². The fraction of sp³-hybridized carbons (Fsp3) is 0.273. The zero-order chi connectivity index (χ0) is 9.84. The molecule has 1 aromatic carbocycles. The van der Waals surface area contributed by atoms with Crippen LogP contribution in [0.15, 0.2) is 18.2 Å². The number of hydrogen-bond donors (Lipinski definition) is 1. The predicted octanol–water partition coefficient (Wildman–Crippen LogP) is 2.16. The van der Waals surface area contributed by atoms with Gasteiger partial charge >= 0.3 is 0 Å². The first-order valence-corrected chi connectivity index (χ1v) is 4.10. The standard InChI is InChI=1S/C11H12FN/c1-3-4-11(13)10-6-5-9(12)7-8(10)2/h1,5-7,11H,4,13H2,2H3. The van der Waals surface area contributed by atoms with Gasteiger partial charge in [0.1, 0.15) is 5.82 Å².